The van der Waals surface area contributed by atoms with Crippen molar-refractivity contribution in [3.05, 3.63) is 88.9 Å². The van der Waals surface area contributed by atoms with Crippen LogP contribution in [0.25, 0.3) is 21.3 Å². The van der Waals surface area contributed by atoms with Gasteiger partial charge in [-0.15, -0.1) is 0 Å². The Morgan fingerprint density at radius 2 is 1.76 bits per heavy atom. The zero-order valence-electron chi connectivity index (χ0n) is 30.9. The number of nitrogens with one attached hydrogen (secondary N) is 1. The predicted octanol–water partition coefficient (Wildman–Crippen LogP) is 7.16. The van der Waals surface area contributed by atoms with Gasteiger partial charge in [0.2, 0.25) is 0 Å². The van der Waals surface area contributed by atoms with E-state index in [1.54, 1.807) is 6.20 Å². The molecule has 2 aliphatic heterocycles. The number of carbonyl (C=O) groups excluding carboxylic acids is 1. The van der Waals surface area contributed by atoms with E-state index in [0.717, 1.165) is 59.3 Å². The van der Waals surface area contributed by atoms with Gasteiger partial charge in [0.15, 0.2) is 10.8 Å². The number of para-hydroxylation sites is 1. The fraction of sp³-hybridized carbons (Fsp3) is 0.425. The van der Waals surface area contributed by atoms with Gasteiger partial charge in [-0.2, -0.15) is 15.7 Å². The maximum Gasteiger partial charge on any atom is 0.355 e. The molecule has 0 unspecified atom stereocenters. The highest BCUT2D eigenvalue weighted by atomic mass is 32.3. The predicted molar refractivity (Wildman–Crippen MR) is 217 cm³/mol. The van der Waals surface area contributed by atoms with Crippen LogP contribution in [0.5, 0.6) is 0 Å². The number of pyridine rings is 1. The quantitative estimate of drug-likeness (QED) is 0.107. The Hall–Kier alpha value is -4.38. The van der Waals surface area contributed by atoms with Crippen molar-refractivity contribution >= 4 is 55.0 Å². The molecule has 5 heterocycles. The number of rotatable bonds is 11. The van der Waals surface area contributed by atoms with E-state index in [1.807, 2.05) is 71.1 Å². The molecular weight excluding hydrogens is 739 g/mol. The number of aromatic carboxylic acids is 1. The number of fused-ring (bicyclic) bond motifs is 2. The number of ether oxygens (including phenoxy) is 1. The lowest BCUT2D eigenvalue weighted by Gasteiger charge is -2.42. The van der Waals surface area contributed by atoms with Gasteiger partial charge < -0.3 is 14.7 Å². The molecule has 3 aromatic heterocycles. The first-order chi connectivity index (χ1) is 26.6. The molecule has 1 aliphatic carbocycles. The van der Waals surface area contributed by atoms with E-state index >= 15 is 0 Å². The molecule has 1 amide bonds. The molecule has 0 atom stereocenters. The monoisotopic (exact) mass is 785 g/mol. The van der Waals surface area contributed by atoms with Crippen LogP contribution in [0.3, 0.4) is 0 Å². The lowest BCUT2D eigenvalue weighted by atomic mass is 9.84. The van der Waals surface area contributed by atoms with E-state index < -0.39 is 16.6 Å². The van der Waals surface area contributed by atoms with Crippen LogP contribution in [0.15, 0.2) is 60.8 Å². The summed E-state index contributed by atoms with van der Waals surface area (Å²) in [5, 5.41) is 18.7. The van der Waals surface area contributed by atoms with E-state index in [1.165, 1.54) is 17.8 Å². The van der Waals surface area contributed by atoms with Crippen LogP contribution in [-0.4, -0.2) is 101 Å². The van der Waals surface area contributed by atoms with Gasteiger partial charge in [0.05, 0.1) is 46.7 Å². The molecule has 290 valence electrons. The summed E-state index contributed by atoms with van der Waals surface area (Å²) in [4.78, 5) is 39.9. The van der Waals surface area contributed by atoms with E-state index in [-0.39, 0.29) is 17.2 Å². The Morgan fingerprint density at radius 1 is 0.964 bits per heavy atom. The summed E-state index contributed by atoms with van der Waals surface area (Å²) >= 11 is 1.43. The highest BCUT2D eigenvalue weighted by Gasteiger charge is 2.35. The van der Waals surface area contributed by atoms with Crippen LogP contribution in [0.1, 0.15) is 69.8 Å². The van der Waals surface area contributed by atoms with Crippen LogP contribution in [0.2, 0.25) is 0 Å². The third-order valence-electron chi connectivity index (χ3n) is 11.3. The third kappa shape index (κ3) is 8.13. The molecular formula is C40H47N7O6S2. The average molecular weight is 786 g/mol. The largest absolute Gasteiger partial charge is 0.476 e. The third-order valence-corrected chi connectivity index (χ3v) is 13.9. The summed E-state index contributed by atoms with van der Waals surface area (Å²) in [6.07, 6.45) is 7.57. The van der Waals surface area contributed by atoms with Crippen LogP contribution >= 0.6 is 21.9 Å². The van der Waals surface area contributed by atoms with Gasteiger partial charge in [-0.25, -0.2) is 14.8 Å². The Kier molecular flexibility index (Phi) is 10.7. The Balaban J connectivity index is 0.984. The van der Waals surface area contributed by atoms with Gasteiger partial charge in [0.25, 0.3) is 5.91 Å². The number of hydrogen-bond donors (Lipinski definition) is 4. The van der Waals surface area contributed by atoms with Crippen molar-refractivity contribution in [1.82, 2.24) is 24.6 Å². The number of hydrogen-bond acceptors (Lipinski definition) is 11. The molecule has 15 heteroatoms. The SMILES string of the molecule is Cc1c(-c2ccc(N3CCc4cccc(C(=O)Nc5nc6ccccc6s5)c4C3)nc2C(=O)O)cnn1CC1(OCCN2CCS(O)(O)CC2)CCCCC1. The number of thiazole rings is 1. The maximum atomic E-state index is 13.6. The van der Waals surface area contributed by atoms with Crippen LogP contribution in [-0.2, 0) is 24.2 Å². The molecule has 55 heavy (non-hydrogen) atoms. The number of carbonyl (C=O) groups is 2. The van der Waals surface area contributed by atoms with E-state index in [2.05, 4.69) is 15.2 Å². The van der Waals surface area contributed by atoms with E-state index in [0.29, 0.717) is 84.9 Å². The van der Waals surface area contributed by atoms with Crippen molar-refractivity contribution in [3.8, 4) is 11.1 Å². The minimum absolute atomic E-state index is 0.0467. The first-order valence-corrected chi connectivity index (χ1v) is 21.7. The Bertz CT molecular complexity index is 2170. The molecule has 4 N–H and O–H groups in total. The molecule has 0 bridgehead atoms. The lowest BCUT2D eigenvalue weighted by Crippen LogP contribution is -2.44. The lowest BCUT2D eigenvalue weighted by molar-refractivity contribution is -0.0879. The molecule has 8 rings (SSSR count). The van der Waals surface area contributed by atoms with Gasteiger partial charge in [-0.1, -0.05) is 54.9 Å². The van der Waals surface area contributed by atoms with E-state index in [9.17, 15) is 23.8 Å². The van der Waals surface area contributed by atoms with Gasteiger partial charge in [-0.3, -0.25) is 28.8 Å². The van der Waals surface area contributed by atoms with Crippen LogP contribution in [0.4, 0.5) is 10.9 Å². The summed E-state index contributed by atoms with van der Waals surface area (Å²) in [5.41, 5.74) is 5.01. The molecule has 3 aliphatic rings. The minimum atomic E-state index is -2.44. The fourth-order valence-corrected chi connectivity index (χ4v) is 10.3. The second kappa shape index (κ2) is 15.6. The Labute approximate surface area is 325 Å². The second-order valence-electron chi connectivity index (χ2n) is 14.9. The molecule has 0 radical (unpaired) electrons. The van der Waals surface area contributed by atoms with Crippen molar-refractivity contribution < 1.29 is 28.5 Å². The van der Waals surface area contributed by atoms with E-state index in [4.69, 9.17) is 14.8 Å². The summed E-state index contributed by atoms with van der Waals surface area (Å²) in [5.74, 6) is 0.0125. The van der Waals surface area contributed by atoms with Gasteiger partial charge in [0.1, 0.15) is 5.82 Å². The standard InChI is InChI=1S/C40H47N7O6S2/c1-27-31(24-41-47(27)26-40(15-5-2-6-16-40)53-21-18-45-19-22-55(51,52)23-20-45)29-12-13-35(43-36(29)38(49)50)46-17-14-28-8-7-9-30(32(28)25-46)37(48)44-39-42-33-10-3-4-11-34(33)54-39/h3-4,7-13,24,51-52H,2,5-6,14-23,25-26H2,1H3,(H,49,50)(H,42,44,48). The van der Waals surface area contributed by atoms with Gasteiger partial charge >= 0.3 is 5.97 Å². The van der Waals surface area contributed by atoms with Crippen LogP contribution < -0.4 is 10.2 Å². The molecule has 0 spiro atoms. The highest BCUT2D eigenvalue weighted by molar-refractivity contribution is 8.24. The van der Waals surface area contributed by atoms with Crippen molar-refractivity contribution in [2.75, 3.05) is 54.5 Å². The number of nitrogens with zero attached hydrogens (tertiary/aromatic N) is 6. The second-order valence-corrected chi connectivity index (χ2v) is 18.3. The normalized spacial score (nSPS) is 18.9. The number of carboxylic acids is 1. The zero-order chi connectivity index (χ0) is 38.2. The highest BCUT2D eigenvalue weighted by Crippen LogP contribution is 2.40. The van der Waals surface area contributed by atoms with Crippen molar-refractivity contribution in [3.63, 3.8) is 0 Å². The number of benzene rings is 2. The number of aromatic nitrogens is 4. The van der Waals surface area contributed by atoms with Crippen molar-refractivity contribution in [1.29, 1.82) is 0 Å². The molecule has 1 saturated heterocycles. The van der Waals surface area contributed by atoms with Crippen molar-refractivity contribution in [2.45, 2.75) is 64.1 Å². The number of amides is 1. The van der Waals surface area contributed by atoms with Crippen LogP contribution in [0, 0.1) is 6.92 Å². The number of carboxylic acid groups (broad SMARTS) is 1. The smallest absolute Gasteiger partial charge is 0.355 e. The summed E-state index contributed by atoms with van der Waals surface area (Å²) in [6.45, 7) is 6.18. The first kappa shape index (κ1) is 37.5. The number of anilines is 2. The maximum absolute atomic E-state index is 13.6. The molecule has 5 aromatic rings. The minimum Gasteiger partial charge on any atom is -0.476 e. The average Bonchev–Trinajstić information content (AvgIpc) is 3.76. The summed E-state index contributed by atoms with van der Waals surface area (Å²) in [7, 11) is -2.44. The summed E-state index contributed by atoms with van der Waals surface area (Å²) < 4.78 is 29.6. The molecule has 13 nitrogen and oxygen atoms in total. The topological polar surface area (TPSA) is 166 Å². The zero-order valence-corrected chi connectivity index (χ0v) is 32.6. The molecule has 2 fully saturated rings. The fourth-order valence-electron chi connectivity index (χ4n) is 8.15. The summed E-state index contributed by atoms with van der Waals surface area (Å²) in [6, 6.07) is 17.2. The van der Waals surface area contributed by atoms with Crippen molar-refractivity contribution in [2.24, 2.45) is 0 Å². The molecule has 2 aromatic carbocycles. The van der Waals surface area contributed by atoms with Gasteiger partial charge in [0, 0.05) is 55.1 Å². The van der Waals surface area contributed by atoms with Gasteiger partial charge in [-0.05, 0) is 67.6 Å². The Morgan fingerprint density at radius 3 is 2.55 bits per heavy atom. The first-order valence-electron chi connectivity index (χ1n) is 19.0. The molecule has 1 saturated carbocycles.